The molecule has 1 amide bonds. The summed E-state index contributed by atoms with van der Waals surface area (Å²) in [4.78, 5) is 17.0. The van der Waals surface area contributed by atoms with Crippen molar-refractivity contribution in [3.05, 3.63) is 0 Å². The standard InChI is InChI=1S/C14H27N3O/c1-11(2)17-9-5-7-13(14(17)18)16-8-4-6-12(10-16)15-3/h11-13,15H,4-10H2,1-3H3. The molecule has 0 aliphatic carbocycles. The first kappa shape index (κ1) is 13.8. The highest BCUT2D eigenvalue weighted by Crippen LogP contribution is 2.22. The Labute approximate surface area is 111 Å². The predicted molar refractivity (Wildman–Crippen MR) is 73.5 cm³/mol. The van der Waals surface area contributed by atoms with Gasteiger partial charge in [0.15, 0.2) is 0 Å². The maximum absolute atomic E-state index is 12.5. The first-order valence-corrected chi connectivity index (χ1v) is 7.35. The molecule has 0 bridgehead atoms. The number of piperidine rings is 2. The van der Waals surface area contributed by atoms with Gasteiger partial charge in [-0.25, -0.2) is 0 Å². The summed E-state index contributed by atoms with van der Waals surface area (Å²) < 4.78 is 0. The van der Waals surface area contributed by atoms with Crippen molar-refractivity contribution in [2.45, 2.75) is 57.7 Å². The second kappa shape index (κ2) is 6.02. The summed E-state index contributed by atoms with van der Waals surface area (Å²) in [5.74, 6) is 0.355. The van der Waals surface area contributed by atoms with Crippen molar-refractivity contribution in [2.75, 3.05) is 26.7 Å². The minimum Gasteiger partial charge on any atom is -0.339 e. The Hall–Kier alpha value is -0.610. The van der Waals surface area contributed by atoms with E-state index in [-0.39, 0.29) is 6.04 Å². The normalized spacial score (nSPS) is 31.1. The van der Waals surface area contributed by atoms with Crippen LogP contribution in [0.5, 0.6) is 0 Å². The number of likely N-dealkylation sites (N-methyl/N-ethyl adjacent to an activating group) is 1. The van der Waals surface area contributed by atoms with Crippen molar-refractivity contribution in [1.29, 1.82) is 0 Å². The van der Waals surface area contributed by atoms with E-state index in [2.05, 4.69) is 29.0 Å². The fourth-order valence-electron chi connectivity index (χ4n) is 3.26. The lowest BCUT2D eigenvalue weighted by atomic mass is 9.97. The molecule has 2 unspecified atom stereocenters. The number of rotatable bonds is 3. The fourth-order valence-corrected chi connectivity index (χ4v) is 3.26. The fraction of sp³-hybridized carbons (Fsp3) is 0.929. The van der Waals surface area contributed by atoms with Crippen LogP contribution in [0.3, 0.4) is 0 Å². The molecule has 2 rings (SSSR count). The predicted octanol–water partition coefficient (Wildman–Crippen LogP) is 1.07. The van der Waals surface area contributed by atoms with Gasteiger partial charge in [0.1, 0.15) is 0 Å². The molecule has 0 aromatic rings. The van der Waals surface area contributed by atoms with Gasteiger partial charge in [-0.2, -0.15) is 0 Å². The summed E-state index contributed by atoms with van der Waals surface area (Å²) >= 11 is 0. The van der Waals surface area contributed by atoms with Crippen LogP contribution in [0.2, 0.25) is 0 Å². The van der Waals surface area contributed by atoms with Crippen LogP contribution in [0.15, 0.2) is 0 Å². The van der Waals surface area contributed by atoms with E-state index in [1.807, 2.05) is 7.05 Å². The molecule has 0 aromatic heterocycles. The Morgan fingerprint density at radius 2 is 1.94 bits per heavy atom. The van der Waals surface area contributed by atoms with E-state index in [0.717, 1.165) is 32.5 Å². The summed E-state index contributed by atoms with van der Waals surface area (Å²) in [5.41, 5.74) is 0. The molecule has 0 aromatic carbocycles. The van der Waals surface area contributed by atoms with E-state index >= 15 is 0 Å². The van der Waals surface area contributed by atoms with Crippen molar-refractivity contribution >= 4 is 5.91 Å². The Morgan fingerprint density at radius 3 is 2.61 bits per heavy atom. The van der Waals surface area contributed by atoms with E-state index in [9.17, 15) is 4.79 Å². The summed E-state index contributed by atoms with van der Waals surface area (Å²) in [5, 5.41) is 3.36. The minimum atomic E-state index is 0.136. The molecule has 104 valence electrons. The average molecular weight is 253 g/mol. The number of hydrogen-bond acceptors (Lipinski definition) is 3. The van der Waals surface area contributed by atoms with Gasteiger partial charge in [0, 0.05) is 25.2 Å². The van der Waals surface area contributed by atoms with Crippen LogP contribution < -0.4 is 5.32 Å². The van der Waals surface area contributed by atoms with Crippen LogP contribution in [-0.4, -0.2) is 60.5 Å². The van der Waals surface area contributed by atoms with Crippen molar-refractivity contribution in [2.24, 2.45) is 0 Å². The molecule has 0 saturated carbocycles. The number of carbonyl (C=O) groups is 1. The van der Waals surface area contributed by atoms with E-state index in [1.165, 1.54) is 12.8 Å². The first-order chi connectivity index (χ1) is 8.63. The van der Waals surface area contributed by atoms with Gasteiger partial charge in [-0.3, -0.25) is 9.69 Å². The molecule has 18 heavy (non-hydrogen) atoms. The number of amides is 1. The molecule has 2 aliphatic rings. The highest BCUT2D eigenvalue weighted by Gasteiger charge is 2.35. The third kappa shape index (κ3) is 2.86. The lowest BCUT2D eigenvalue weighted by Crippen LogP contribution is -2.58. The summed E-state index contributed by atoms with van der Waals surface area (Å²) in [6.45, 7) is 7.29. The first-order valence-electron chi connectivity index (χ1n) is 7.35. The van der Waals surface area contributed by atoms with Gasteiger partial charge < -0.3 is 10.2 Å². The van der Waals surface area contributed by atoms with E-state index in [1.54, 1.807) is 0 Å². The van der Waals surface area contributed by atoms with Crippen LogP contribution in [0.4, 0.5) is 0 Å². The van der Waals surface area contributed by atoms with Gasteiger partial charge in [-0.05, 0) is 53.1 Å². The number of hydrogen-bond donors (Lipinski definition) is 1. The lowest BCUT2D eigenvalue weighted by Gasteiger charge is -2.43. The second-order valence-corrected chi connectivity index (χ2v) is 5.91. The molecule has 2 atom stereocenters. The minimum absolute atomic E-state index is 0.136. The molecule has 4 nitrogen and oxygen atoms in total. The highest BCUT2D eigenvalue weighted by atomic mass is 16.2. The zero-order chi connectivity index (χ0) is 13.1. The average Bonchev–Trinajstić information content (AvgIpc) is 2.38. The number of nitrogens with zero attached hydrogens (tertiary/aromatic N) is 2. The van der Waals surface area contributed by atoms with Gasteiger partial charge in [0.05, 0.1) is 6.04 Å². The zero-order valence-electron chi connectivity index (χ0n) is 12.0. The maximum Gasteiger partial charge on any atom is 0.240 e. The van der Waals surface area contributed by atoms with Crippen molar-refractivity contribution < 1.29 is 4.79 Å². The summed E-state index contributed by atoms with van der Waals surface area (Å²) in [7, 11) is 2.03. The molecule has 2 aliphatic heterocycles. The zero-order valence-corrected chi connectivity index (χ0v) is 12.0. The van der Waals surface area contributed by atoms with Gasteiger partial charge in [-0.15, -0.1) is 0 Å². The molecule has 2 saturated heterocycles. The van der Waals surface area contributed by atoms with Gasteiger partial charge in [0.25, 0.3) is 0 Å². The summed E-state index contributed by atoms with van der Waals surface area (Å²) in [6.07, 6.45) is 4.63. The lowest BCUT2D eigenvalue weighted by molar-refractivity contribution is -0.142. The van der Waals surface area contributed by atoms with Crippen LogP contribution in [0.1, 0.15) is 39.5 Å². The highest BCUT2D eigenvalue weighted by molar-refractivity contribution is 5.82. The maximum atomic E-state index is 12.5. The monoisotopic (exact) mass is 253 g/mol. The molecular weight excluding hydrogens is 226 g/mol. The van der Waals surface area contributed by atoms with Crippen LogP contribution in [0, 0.1) is 0 Å². The third-order valence-corrected chi connectivity index (χ3v) is 4.37. The molecule has 0 radical (unpaired) electrons. The van der Waals surface area contributed by atoms with Gasteiger partial charge in [-0.1, -0.05) is 0 Å². The van der Waals surface area contributed by atoms with Crippen LogP contribution in [-0.2, 0) is 4.79 Å². The number of likely N-dealkylation sites (tertiary alicyclic amines) is 2. The number of carbonyl (C=O) groups excluding carboxylic acids is 1. The Kier molecular flexibility index (Phi) is 4.62. The molecule has 2 fully saturated rings. The topological polar surface area (TPSA) is 35.6 Å². The Bertz CT molecular complexity index is 293. The molecule has 0 spiro atoms. The SMILES string of the molecule is CNC1CCCN(C2CCCN(C(C)C)C2=O)C1. The number of nitrogens with one attached hydrogen (secondary N) is 1. The molecule has 4 heteroatoms. The largest absolute Gasteiger partial charge is 0.339 e. The quantitative estimate of drug-likeness (QED) is 0.817. The second-order valence-electron chi connectivity index (χ2n) is 5.91. The van der Waals surface area contributed by atoms with Crippen LogP contribution >= 0.6 is 0 Å². The Morgan fingerprint density at radius 1 is 1.22 bits per heavy atom. The molecular formula is C14H27N3O. The smallest absolute Gasteiger partial charge is 0.240 e. The van der Waals surface area contributed by atoms with Crippen molar-refractivity contribution in [1.82, 2.24) is 15.1 Å². The van der Waals surface area contributed by atoms with Crippen molar-refractivity contribution in [3.63, 3.8) is 0 Å². The summed E-state index contributed by atoms with van der Waals surface area (Å²) in [6, 6.07) is 1.03. The molecule has 1 N–H and O–H groups in total. The van der Waals surface area contributed by atoms with Crippen molar-refractivity contribution in [3.8, 4) is 0 Å². The van der Waals surface area contributed by atoms with E-state index in [0.29, 0.717) is 18.0 Å². The third-order valence-electron chi connectivity index (χ3n) is 4.37. The van der Waals surface area contributed by atoms with Gasteiger partial charge in [0.2, 0.25) is 5.91 Å². The molecule has 2 heterocycles. The van der Waals surface area contributed by atoms with E-state index < -0.39 is 0 Å². The Balaban J connectivity index is 2.00. The van der Waals surface area contributed by atoms with Crippen LogP contribution in [0.25, 0.3) is 0 Å². The van der Waals surface area contributed by atoms with E-state index in [4.69, 9.17) is 0 Å². The van der Waals surface area contributed by atoms with Gasteiger partial charge >= 0.3 is 0 Å².